The molecule has 2 heterocycles. The van der Waals surface area contributed by atoms with Gasteiger partial charge in [-0.05, 0) is 26.7 Å². The van der Waals surface area contributed by atoms with Crippen LogP contribution in [0.25, 0.3) is 9.88 Å². The van der Waals surface area contributed by atoms with Crippen LogP contribution in [0.5, 0.6) is 0 Å². The molecular formula is C11H14N4S2. The van der Waals surface area contributed by atoms with Crippen molar-refractivity contribution >= 4 is 27.8 Å². The van der Waals surface area contributed by atoms with Crippen molar-refractivity contribution in [3.8, 4) is 9.88 Å². The topological polar surface area (TPSA) is 50.7 Å². The molecule has 1 saturated carbocycles. The van der Waals surface area contributed by atoms with Crippen LogP contribution < -0.4 is 5.32 Å². The third kappa shape index (κ3) is 2.19. The van der Waals surface area contributed by atoms with Gasteiger partial charge in [-0.15, -0.1) is 21.5 Å². The highest BCUT2D eigenvalue weighted by molar-refractivity contribution is 7.23. The van der Waals surface area contributed by atoms with Gasteiger partial charge in [0.15, 0.2) is 5.01 Å². The van der Waals surface area contributed by atoms with E-state index in [2.05, 4.69) is 34.3 Å². The largest absolute Gasteiger partial charge is 0.360 e. The van der Waals surface area contributed by atoms with Gasteiger partial charge in [0.1, 0.15) is 0 Å². The molecule has 3 rings (SSSR count). The van der Waals surface area contributed by atoms with E-state index in [-0.39, 0.29) is 0 Å². The van der Waals surface area contributed by atoms with Gasteiger partial charge in [-0.2, -0.15) is 0 Å². The third-order valence-electron chi connectivity index (χ3n) is 2.67. The van der Waals surface area contributed by atoms with Crippen LogP contribution in [0.2, 0.25) is 0 Å². The number of aryl methyl sites for hydroxylation is 1. The summed E-state index contributed by atoms with van der Waals surface area (Å²) in [5.74, 6) is 0.668. The Kier molecular flexibility index (Phi) is 2.84. The lowest BCUT2D eigenvalue weighted by atomic mass is 10.2. The number of rotatable bonds is 4. The van der Waals surface area contributed by atoms with Crippen molar-refractivity contribution in [3.05, 3.63) is 10.7 Å². The molecule has 1 fully saturated rings. The monoisotopic (exact) mass is 266 g/mol. The molecular weight excluding hydrogens is 252 g/mol. The summed E-state index contributed by atoms with van der Waals surface area (Å²) >= 11 is 3.36. The van der Waals surface area contributed by atoms with Crippen LogP contribution in [0.3, 0.4) is 0 Å². The maximum atomic E-state index is 4.64. The SMILES string of the molecule is CCNc1nnc(-c2sc(C)nc2C2CC2)s1. The smallest absolute Gasteiger partial charge is 0.206 e. The van der Waals surface area contributed by atoms with Crippen LogP contribution in [0.15, 0.2) is 0 Å². The molecule has 90 valence electrons. The first kappa shape index (κ1) is 11.1. The summed E-state index contributed by atoms with van der Waals surface area (Å²) in [6.45, 7) is 5.01. The summed E-state index contributed by atoms with van der Waals surface area (Å²) < 4.78 is 0. The number of thiazole rings is 1. The van der Waals surface area contributed by atoms with Crippen LogP contribution in [-0.4, -0.2) is 21.7 Å². The Bertz CT molecular complexity index is 527. The predicted octanol–water partition coefficient (Wildman–Crippen LogP) is 3.28. The number of nitrogens with zero attached hydrogens (tertiary/aromatic N) is 3. The van der Waals surface area contributed by atoms with Crippen molar-refractivity contribution in [2.24, 2.45) is 0 Å². The Morgan fingerprint density at radius 1 is 1.29 bits per heavy atom. The third-order valence-corrected chi connectivity index (χ3v) is 4.69. The normalized spacial score (nSPS) is 15.2. The molecule has 0 amide bonds. The van der Waals surface area contributed by atoms with Gasteiger partial charge >= 0.3 is 0 Å². The van der Waals surface area contributed by atoms with E-state index in [1.54, 1.807) is 22.7 Å². The van der Waals surface area contributed by atoms with Gasteiger partial charge in [-0.25, -0.2) is 4.98 Å². The van der Waals surface area contributed by atoms with E-state index in [1.165, 1.54) is 23.4 Å². The predicted molar refractivity (Wildman–Crippen MR) is 71.9 cm³/mol. The Labute approximate surface area is 108 Å². The zero-order valence-corrected chi connectivity index (χ0v) is 11.5. The van der Waals surface area contributed by atoms with Crippen molar-refractivity contribution in [1.29, 1.82) is 0 Å². The fourth-order valence-corrected chi connectivity index (χ4v) is 3.66. The second-order valence-corrected chi connectivity index (χ2v) is 6.34. The maximum Gasteiger partial charge on any atom is 0.206 e. The van der Waals surface area contributed by atoms with Gasteiger partial charge in [0.2, 0.25) is 5.13 Å². The number of aromatic nitrogens is 3. The zero-order chi connectivity index (χ0) is 11.8. The average molecular weight is 266 g/mol. The van der Waals surface area contributed by atoms with Gasteiger partial charge in [0.25, 0.3) is 0 Å². The Morgan fingerprint density at radius 2 is 2.12 bits per heavy atom. The Morgan fingerprint density at radius 3 is 2.82 bits per heavy atom. The molecule has 4 nitrogen and oxygen atoms in total. The number of nitrogens with one attached hydrogen (secondary N) is 1. The van der Waals surface area contributed by atoms with Crippen LogP contribution in [0.1, 0.15) is 36.4 Å². The summed E-state index contributed by atoms with van der Waals surface area (Å²) in [6.07, 6.45) is 2.55. The van der Waals surface area contributed by atoms with Crippen LogP contribution >= 0.6 is 22.7 Å². The van der Waals surface area contributed by atoms with Gasteiger partial charge in [-0.1, -0.05) is 11.3 Å². The van der Waals surface area contributed by atoms with E-state index in [9.17, 15) is 0 Å². The fourth-order valence-electron chi connectivity index (χ4n) is 1.77. The lowest BCUT2D eigenvalue weighted by Crippen LogP contribution is -1.94. The molecule has 0 atom stereocenters. The van der Waals surface area contributed by atoms with Crippen LogP contribution in [-0.2, 0) is 0 Å². The van der Waals surface area contributed by atoms with Crippen molar-refractivity contribution in [2.45, 2.75) is 32.6 Å². The molecule has 0 aromatic carbocycles. The molecule has 0 unspecified atom stereocenters. The molecule has 2 aromatic heterocycles. The van der Waals surface area contributed by atoms with E-state index in [0.717, 1.165) is 21.7 Å². The minimum atomic E-state index is 0.668. The zero-order valence-electron chi connectivity index (χ0n) is 9.86. The van der Waals surface area contributed by atoms with E-state index < -0.39 is 0 Å². The Balaban J connectivity index is 1.95. The summed E-state index contributed by atoms with van der Waals surface area (Å²) in [5, 5.41) is 14.6. The molecule has 0 spiro atoms. The maximum absolute atomic E-state index is 4.64. The van der Waals surface area contributed by atoms with Crippen molar-refractivity contribution < 1.29 is 0 Å². The lowest BCUT2D eigenvalue weighted by molar-refractivity contribution is 1.02. The van der Waals surface area contributed by atoms with E-state index in [1.807, 2.05) is 0 Å². The molecule has 0 aliphatic heterocycles. The summed E-state index contributed by atoms with van der Waals surface area (Å²) in [4.78, 5) is 5.87. The van der Waals surface area contributed by atoms with Gasteiger partial charge in [0, 0.05) is 12.5 Å². The molecule has 2 aromatic rings. The Hall–Kier alpha value is -1.01. The van der Waals surface area contributed by atoms with E-state index in [0.29, 0.717) is 5.92 Å². The van der Waals surface area contributed by atoms with E-state index in [4.69, 9.17) is 0 Å². The first-order chi connectivity index (χ1) is 8.28. The molecule has 0 saturated heterocycles. The van der Waals surface area contributed by atoms with Gasteiger partial charge in [-0.3, -0.25) is 0 Å². The highest BCUT2D eigenvalue weighted by Gasteiger charge is 2.30. The fraction of sp³-hybridized carbons (Fsp3) is 0.545. The van der Waals surface area contributed by atoms with Crippen molar-refractivity contribution in [2.75, 3.05) is 11.9 Å². The van der Waals surface area contributed by atoms with Crippen molar-refractivity contribution in [1.82, 2.24) is 15.2 Å². The highest BCUT2D eigenvalue weighted by Crippen LogP contribution is 2.46. The average Bonchev–Trinajstić information content (AvgIpc) is 2.92. The molecule has 1 aliphatic carbocycles. The number of anilines is 1. The van der Waals surface area contributed by atoms with E-state index >= 15 is 0 Å². The highest BCUT2D eigenvalue weighted by atomic mass is 32.1. The molecule has 1 N–H and O–H groups in total. The quantitative estimate of drug-likeness (QED) is 0.922. The van der Waals surface area contributed by atoms with Crippen LogP contribution in [0.4, 0.5) is 5.13 Å². The molecule has 0 bridgehead atoms. The molecule has 0 radical (unpaired) electrons. The first-order valence-electron chi connectivity index (χ1n) is 5.83. The first-order valence-corrected chi connectivity index (χ1v) is 7.46. The molecule has 17 heavy (non-hydrogen) atoms. The summed E-state index contributed by atoms with van der Waals surface area (Å²) in [5.41, 5.74) is 1.24. The summed E-state index contributed by atoms with van der Waals surface area (Å²) in [7, 11) is 0. The minimum Gasteiger partial charge on any atom is -0.360 e. The standard InChI is InChI=1S/C11H14N4S2/c1-3-12-11-15-14-10(17-11)9-8(7-4-5-7)13-6(2)16-9/h7H,3-5H2,1-2H3,(H,12,15). The van der Waals surface area contributed by atoms with Crippen LogP contribution in [0, 0.1) is 6.92 Å². The second kappa shape index (κ2) is 4.34. The summed E-state index contributed by atoms with van der Waals surface area (Å²) in [6, 6.07) is 0. The number of hydrogen-bond donors (Lipinski definition) is 1. The van der Waals surface area contributed by atoms with Gasteiger partial charge < -0.3 is 5.32 Å². The molecule has 6 heteroatoms. The van der Waals surface area contributed by atoms with Gasteiger partial charge in [0.05, 0.1) is 15.6 Å². The lowest BCUT2D eigenvalue weighted by Gasteiger charge is -1.94. The second-order valence-electron chi connectivity index (χ2n) is 4.16. The number of hydrogen-bond acceptors (Lipinski definition) is 6. The minimum absolute atomic E-state index is 0.668. The molecule has 1 aliphatic rings. The van der Waals surface area contributed by atoms with Crippen molar-refractivity contribution in [3.63, 3.8) is 0 Å².